The molecule has 0 radical (unpaired) electrons. The van der Waals surface area contributed by atoms with Gasteiger partial charge < -0.3 is 11.1 Å². The Morgan fingerprint density at radius 2 is 2.27 bits per heavy atom. The van der Waals surface area contributed by atoms with Crippen LogP contribution in [0.2, 0.25) is 0 Å². The van der Waals surface area contributed by atoms with Gasteiger partial charge in [0.15, 0.2) is 0 Å². The fraction of sp³-hybridized carbons (Fsp3) is 0.417. The summed E-state index contributed by atoms with van der Waals surface area (Å²) < 4.78 is 0. The molecule has 3 N–H and O–H groups in total. The predicted molar refractivity (Wildman–Crippen MR) is 60.9 cm³/mol. The molecule has 1 aromatic carbocycles. The Bertz CT molecular complexity index is 387. The summed E-state index contributed by atoms with van der Waals surface area (Å²) >= 11 is 0. The van der Waals surface area contributed by atoms with Gasteiger partial charge in [-0.15, -0.1) is 0 Å². The number of hydrogen-bond acceptors (Lipinski definition) is 2. The van der Waals surface area contributed by atoms with Crippen LogP contribution in [0.25, 0.3) is 0 Å². The molecule has 3 heteroatoms. The van der Waals surface area contributed by atoms with E-state index in [1.165, 1.54) is 11.1 Å². The molecule has 0 aromatic heterocycles. The maximum atomic E-state index is 11.2. The van der Waals surface area contributed by atoms with Crippen LogP contribution in [-0.2, 0) is 11.2 Å². The van der Waals surface area contributed by atoms with Crippen molar-refractivity contribution < 1.29 is 4.79 Å². The van der Waals surface area contributed by atoms with E-state index in [0.29, 0.717) is 18.9 Å². The minimum absolute atomic E-state index is 0.113. The number of fused-ring (bicyclic) bond motifs is 1. The average molecular weight is 204 g/mol. The van der Waals surface area contributed by atoms with Gasteiger partial charge in [-0.05, 0) is 36.1 Å². The number of nitrogens with two attached hydrogens (primary N) is 1. The molecule has 1 aliphatic heterocycles. The van der Waals surface area contributed by atoms with Crippen LogP contribution in [0.1, 0.15) is 30.4 Å². The zero-order chi connectivity index (χ0) is 10.8. The Labute approximate surface area is 89.7 Å². The summed E-state index contributed by atoms with van der Waals surface area (Å²) in [6.45, 7) is 2.77. The zero-order valence-electron chi connectivity index (χ0n) is 8.92. The van der Waals surface area contributed by atoms with E-state index < -0.39 is 0 Å². The van der Waals surface area contributed by atoms with E-state index in [-0.39, 0.29) is 5.91 Å². The molecular weight excluding hydrogens is 188 g/mol. The second-order valence-corrected chi connectivity index (χ2v) is 4.10. The van der Waals surface area contributed by atoms with E-state index in [0.717, 1.165) is 12.1 Å². The van der Waals surface area contributed by atoms with E-state index in [1.54, 1.807) is 0 Å². The molecule has 1 aliphatic rings. The molecule has 0 saturated heterocycles. The lowest BCUT2D eigenvalue weighted by Crippen LogP contribution is -2.19. The number of hydrogen-bond donors (Lipinski definition) is 2. The van der Waals surface area contributed by atoms with Gasteiger partial charge in [0.1, 0.15) is 0 Å². The number of carbonyl (C=O) groups is 1. The molecule has 0 bridgehead atoms. The lowest BCUT2D eigenvalue weighted by atomic mass is 9.95. The molecule has 15 heavy (non-hydrogen) atoms. The number of amides is 1. The van der Waals surface area contributed by atoms with E-state index in [2.05, 4.69) is 18.3 Å². The van der Waals surface area contributed by atoms with Crippen LogP contribution in [0, 0.1) is 0 Å². The van der Waals surface area contributed by atoms with Crippen molar-refractivity contribution in [2.75, 3.05) is 11.9 Å². The van der Waals surface area contributed by atoms with Crippen LogP contribution >= 0.6 is 0 Å². The maximum Gasteiger partial charge on any atom is 0.224 e. The SMILES string of the molecule is CC(CN)c1ccc2c(c1)CCC(=O)N2. The Kier molecular flexibility index (Phi) is 2.73. The molecule has 1 heterocycles. The third kappa shape index (κ3) is 2.02. The van der Waals surface area contributed by atoms with Gasteiger partial charge >= 0.3 is 0 Å². The van der Waals surface area contributed by atoms with Crippen LogP contribution in [0.3, 0.4) is 0 Å². The largest absolute Gasteiger partial charge is 0.330 e. The Morgan fingerprint density at radius 3 is 3.00 bits per heavy atom. The van der Waals surface area contributed by atoms with Crippen LogP contribution in [0.4, 0.5) is 5.69 Å². The number of rotatable bonds is 2. The second-order valence-electron chi connectivity index (χ2n) is 4.10. The molecule has 3 nitrogen and oxygen atoms in total. The molecule has 2 rings (SSSR count). The Hall–Kier alpha value is -1.35. The van der Waals surface area contributed by atoms with Crippen molar-refractivity contribution in [3.8, 4) is 0 Å². The monoisotopic (exact) mass is 204 g/mol. The van der Waals surface area contributed by atoms with E-state index in [4.69, 9.17) is 5.73 Å². The van der Waals surface area contributed by atoms with Gasteiger partial charge in [-0.25, -0.2) is 0 Å². The van der Waals surface area contributed by atoms with Crippen LogP contribution in [0.15, 0.2) is 18.2 Å². The quantitative estimate of drug-likeness (QED) is 0.769. The third-order valence-corrected chi connectivity index (χ3v) is 2.95. The number of aryl methyl sites for hydroxylation is 1. The van der Waals surface area contributed by atoms with Crippen molar-refractivity contribution in [2.24, 2.45) is 5.73 Å². The van der Waals surface area contributed by atoms with Crippen molar-refractivity contribution in [3.63, 3.8) is 0 Å². The molecule has 0 aliphatic carbocycles. The molecule has 1 unspecified atom stereocenters. The van der Waals surface area contributed by atoms with Gasteiger partial charge in [0, 0.05) is 12.1 Å². The van der Waals surface area contributed by atoms with Crippen LogP contribution < -0.4 is 11.1 Å². The summed E-state index contributed by atoms with van der Waals surface area (Å²) in [5.41, 5.74) is 9.08. The Morgan fingerprint density at radius 1 is 1.47 bits per heavy atom. The second kappa shape index (κ2) is 4.03. The highest BCUT2D eigenvalue weighted by Gasteiger charge is 2.15. The summed E-state index contributed by atoms with van der Waals surface area (Å²) in [4.78, 5) is 11.2. The fourth-order valence-corrected chi connectivity index (χ4v) is 1.85. The highest BCUT2D eigenvalue weighted by Crippen LogP contribution is 2.26. The molecule has 0 spiro atoms. The first kappa shape index (κ1) is 10.2. The lowest BCUT2D eigenvalue weighted by Gasteiger charge is -2.19. The molecule has 1 atom stereocenters. The summed E-state index contributed by atoms with van der Waals surface area (Å²) in [5, 5.41) is 2.87. The number of carbonyl (C=O) groups excluding carboxylic acids is 1. The first-order valence-corrected chi connectivity index (χ1v) is 5.33. The van der Waals surface area contributed by atoms with Crippen molar-refractivity contribution in [2.45, 2.75) is 25.7 Å². The number of anilines is 1. The fourth-order valence-electron chi connectivity index (χ4n) is 1.85. The first-order valence-electron chi connectivity index (χ1n) is 5.33. The minimum atomic E-state index is 0.113. The van der Waals surface area contributed by atoms with Crippen LogP contribution in [0.5, 0.6) is 0 Å². The van der Waals surface area contributed by atoms with Crippen molar-refractivity contribution >= 4 is 11.6 Å². The summed E-state index contributed by atoms with van der Waals surface area (Å²) in [6, 6.07) is 6.18. The summed E-state index contributed by atoms with van der Waals surface area (Å²) in [7, 11) is 0. The van der Waals surface area contributed by atoms with E-state index >= 15 is 0 Å². The van der Waals surface area contributed by atoms with Gasteiger partial charge in [0.25, 0.3) is 0 Å². The van der Waals surface area contributed by atoms with E-state index in [1.807, 2.05) is 12.1 Å². The predicted octanol–water partition coefficient (Wildman–Crippen LogP) is 1.63. The lowest BCUT2D eigenvalue weighted by molar-refractivity contribution is -0.116. The van der Waals surface area contributed by atoms with Gasteiger partial charge in [-0.3, -0.25) is 4.79 Å². The zero-order valence-corrected chi connectivity index (χ0v) is 8.92. The standard InChI is InChI=1S/C12H16N2O/c1-8(7-13)9-2-4-11-10(6-9)3-5-12(15)14-11/h2,4,6,8H,3,5,7,13H2,1H3,(H,14,15). The highest BCUT2D eigenvalue weighted by atomic mass is 16.1. The van der Waals surface area contributed by atoms with Gasteiger partial charge in [0.05, 0.1) is 0 Å². The molecule has 1 amide bonds. The van der Waals surface area contributed by atoms with Gasteiger partial charge in [-0.2, -0.15) is 0 Å². The first-order chi connectivity index (χ1) is 7.20. The maximum absolute atomic E-state index is 11.2. The van der Waals surface area contributed by atoms with Crippen LogP contribution in [-0.4, -0.2) is 12.5 Å². The van der Waals surface area contributed by atoms with Gasteiger partial charge in [0.2, 0.25) is 5.91 Å². The van der Waals surface area contributed by atoms with Gasteiger partial charge in [-0.1, -0.05) is 19.1 Å². The smallest absolute Gasteiger partial charge is 0.224 e. The summed E-state index contributed by atoms with van der Waals surface area (Å²) in [5.74, 6) is 0.495. The minimum Gasteiger partial charge on any atom is -0.330 e. The molecule has 0 saturated carbocycles. The molecule has 80 valence electrons. The normalized spacial score (nSPS) is 16.8. The number of nitrogens with one attached hydrogen (secondary N) is 1. The summed E-state index contributed by atoms with van der Waals surface area (Å²) in [6.07, 6.45) is 1.43. The van der Waals surface area contributed by atoms with Crippen molar-refractivity contribution in [1.29, 1.82) is 0 Å². The molecule has 0 fully saturated rings. The average Bonchev–Trinajstić information content (AvgIpc) is 2.27. The Balaban J connectivity index is 2.30. The topological polar surface area (TPSA) is 55.1 Å². The molecular formula is C12H16N2O. The highest BCUT2D eigenvalue weighted by molar-refractivity contribution is 5.93. The van der Waals surface area contributed by atoms with Crippen molar-refractivity contribution in [1.82, 2.24) is 0 Å². The number of benzene rings is 1. The van der Waals surface area contributed by atoms with E-state index in [9.17, 15) is 4.79 Å². The molecule has 1 aromatic rings. The third-order valence-electron chi connectivity index (χ3n) is 2.95. The van der Waals surface area contributed by atoms with Crippen molar-refractivity contribution in [3.05, 3.63) is 29.3 Å².